The number of unbranched alkanes of at least 4 members (excludes halogenated alkanes) is 1. The van der Waals surface area contributed by atoms with Crippen LogP contribution >= 0.6 is 11.8 Å². The Morgan fingerprint density at radius 1 is 1.39 bits per heavy atom. The average molecular weight is 266 g/mol. The summed E-state index contributed by atoms with van der Waals surface area (Å²) in [4.78, 5) is 12.5. The van der Waals surface area contributed by atoms with E-state index < -0.39 is 0 Å². The van der Waals surface area contributed by atoms with Crippen LogP contribution in [0, 0.1) is 11.3 Å². The van der Waals surface area contributed by atoms with E-state index in [0.29, 0.717) is 17.1 Å². The number of hydrogen-bond donors (Lipinski definition) is 0. The summed E-state index contributed by atoms with van der Waals surface area (Å²) in [5.41, 5.74) is 1.45. The summed E-state index contributed by atoms with van der Waals surface area (Å²) in [6.07, 6.45) is 9.71. The van der Waals surface area contributed by atoms with Gasteiger partial charge >= 0.3 is 0 Å². The van der Waals surface area contributed by atoms with Crippen LogP contribution in [0.2, 0.25) is 0 Å². The number of carbonyl (C=O) groups excluding carboxylic acids is 1. The van der Waals surface area contributed by atoms with Crippen molar-refractivity contribution in [1.82, 2.24) is 0 Å². The van der Waals surface area contributed by atoms with E-state index in [9.17, 15) is 4.79 Å². The summed E-state index contributed by atoms with van der Waals surface area (Å²) in [5, 5.41) is 2.17. The number of thioether (sulfide) groups is 1. The third-order valence-electron chi connectivity index (χ3n) is 4.77. The molecule has 18 heavy (non-hydrogen) atoms. The van der Waals surface area contributed by atoms with E-state index >= 15 is 0 Å². The molecule has 2 atom stereocenters. The van der Waals surface area contributed by atoms with E-state index in [0.717, 1.165) is 24.2 Å². The lowest BCUT2D eigenvalue weighted by atomic mass is 9.59. The summed E-state index contributed by atoms with van der Waals surface area (Å²) in [7, 11) is 0. The molecule has 0 amide bonds. The van der Waals surface area contributed by atoms with Crippen LogP contribution in [-0.4, -0.2) is 11.5 Å². The summed E-state index contributed by atoms with van der Waals surface area (Å²) in [6.45, 7) is 4.56. The molecule has 0 spiro atoms. The molecule has 2 fully saturated rings. The minimum Gasteiger partial charge on any atom is -0.294 e. The Kier molecular flexibility index (Phi) is 4.94. The Morgan fingerprint density at radius 2 is 2.22 bits per heavy atom. The van der Waals surface area contributed by atoms with Crippen molar-refractivity contribution >= 4 is 17.5 Å². The van der Waals surface area contributed by atoms with Crippen molar-refractivity contribution in [2.45, 2.75) is 65.2 Å². The molecule has 0 saturated heterocycles. The zero-order chi connectivity index (χ0) is 13.0. The first-order valence-electron chi connectivity index (χ1n) is 7.52. The molecule has 0 aliphatic heterocycles. The predicted octanol–water partition coefficient (Wildman–Crippen LogP) is 4.96. The molecule has 2 aliphatic rings. The maximum Gasteiger partial charge on any atom is 0.162 e. The second-order valence-electron chi connectivity index (χ2n) is 6.18. The summed E-state index contributed by atoms with van der Waals surface area (Å²) in [5.74, 6) is 1.97. The van der Waals surface area contributed by atoms with Gasteiger partial charge in [-0.1, -0.05) is 33.1 Å². The normalized spacial score (nSPS) is 34.7. The first-order valence-corrected chi connectivity index (χ1v) is 8.57. The second-order valence-corrected chi connectivity index (χ2v) is 7.16. The Morgan fingerprint density at radius 3 is 3.00 bits per heavy atom. The van der Waals surface area contributed by atoms with Gasteiger partial charge in [0.1, 0.15) is 0 Å². The molecule has 0 aromatic heterocycles. The highest BCUT2D eigenvalue weighted by molar-refractivity contribution is 8.02. The van der Waals surface area contributed by atoms with Crippen molar-refractivity contribution in [2.24, 2.45) is 11.3 Å². The second kappa shape index (κ2) is 6.27. The molecule has 2 saturated carbocycles. The highest BCUT2D eigenvalue weighted by Crippen LogP contribution is 2.50. The zero-order valence-corrected chi connectivity index (χ0v) is 12.7. The first kappa shape index (κ1) is 14.2. The largest absolute Gasteiger partial charge is 0.294 e. The van der Waals surface area contributed by atoms with Crippen LogP contribution in [0.4, 0.5) is 0 Å². The number of carbonyl (C=O) groups is 1. The molecule has 1 nitrogen and oxygen atoms in total. The van der Waals surface area contributed by atoms with Crippen molar-refractivity contribution in [2.75, 3.05) is 5.75 Å². The van der Waals surface area contributed by atoms with Crippen LogP contribution in [0.15, 0.2) is 11.0 Å². The molecular formula is C16H26OS. The lowest BCUT2D eigenvalue weighted by Gasteiger charge is -2.44. The zero-order valence-electron chi connectivity index (χ0n) is 11.8. The topological polar surface area (TPSA) is 17.1 Å². The van der Waals surface area contributed by atoms with Gasteiger partial charge in [0.25, 0.3) is 0 Å². The first-order chi connectivity index (χ1) is 8.67. The lowest BCUT2D eigenvalue weighted by Crippen LogP contribution is -2.40. The molecule has 2 heteroatoms. The highest BCUT2D eigenvalue weighted by Gasteiger charge is 2.44. The quantitative estimate of drug-likeness (QED) is 0.528. The molecule has 2 aliphatic carbocycles. The fourth-order valence-electron chi connectivity index (χ4n) is 3.42. The van der Waals surface area contributed by atoms with Gasteiger partial charge in [0.05, 0.1) is 0 Å². The molecule has 102 valence electrons. The third-order valence-corrected chi connectivity index (χ3v) is 5.75. The van der Waals surface area contributed by atoms with Crippen LogP contribution in [0.1, 0.15) is 65.2 Å². The molecular weight excluding hydrogens is 240 g/mol. The van der Waals surface area contributed by atoms with Crippen LogP contribution in [0.3, 0.4) is 0 Å². The SMILES string of the molecule is CCCCS/C=C1\CCC2(C)CCCCC2C1=O. The fourth-order valence-corrected chi connectivity index (χ4v) is 4.43. The van der Waals surface area contributed by atoms with E-state index in [4.69, 9.17) is 0 Å². The minimum atomic E-state index is 0.320. The average Bonchev–Trinajstić information content (AvgIpc) is 2.37. The Labute approximate surface area is 116 Å². The minimum absolute atomic E-state index is 0.320. The number of hydrogen-bond acceptors (Lipinski definition) is 2. The molecule has 0 bridgehead atoms. The van der Waals surface area contributed by atoms with Crippen molar-refractivity contribution in [3.8, 4) is 0 Å². The standard InChI is InChI=1S/C16H26OS/c1-3-4-11-18-12-13-8-10-16(2)9-6-5-7-14(16)15(13)17/h12,14H,3-11H2,1-2H3/b13-12+. The van der Waals surface area contributed by atoms with Gasteiger partial charge in [-0.25, -0.2) is 0 Å². The van der Waals surface area contributed by atoms with Crippen LogP contribution in [-0.2, 0) is 4.79 Å². The van der Waals surface area contributed by atoms with Crippen molar-refractivity contribution < 1.29 is 4.79 Å². The molecule has 0 radical (unpaired) electrons. The van der Waals surface area contributed by atoms with Crippen molar-refractivity contribution in [3.05, 3.63) is 11.0 Å². The Bertz CT molecular complexity index is 334. The van der Waals surface area contributed by atoms with Crippen LogP contribution in [0.25, 0.3) is 0 Å². The number of fused-ring (bicyclic) bond motifs is 1. The number of rotatable bonds is 4. The van der Waals surface area contributed by atoms with E-state index in [1.54, 1.807) is 0 Å². The van der Waals surface area contributed by atoms with Crippen molar-refractivity contribution in [3.63, 3.8) is 0 Å². The van der Waals surface area contributed by atoms with E-state index in [1.807, 2.05) is 11.8 Å². The van der Waals surface area contributed by atoms with Gasteiger partial charge in [-0.3, -0.25) is 4.79 Å². The van der Waals surface area contributed by atoms with Gasteiger partial charge in [-0.05, 0) is 48.7 Å². The molecule has 2 unspecified atom stereocenters. The van der Waals surface area contributed by atoms with Crippen LogP contribution < -0.4 is 0 Å². The maximum absolute atomic E-state index is 12.5. The molecule has 0 N–H and O–H groups in total. The van der Waals surface area contributed by atoms with Gasteiger partial charge in [0.2, 0.25) is 0 Å². The van der Waals surface area contributed by atoms with Crippen molar-refractivity contribution in [1.29, 1.82) is 0 Å². The molecule has 0 aromatic carbocycles. The summed E-state index contributed by atoms with van der Waals surface area (Å²) < 4.78 is 0. The fraction of sp³-hybridized carbons (Fsp3) is 0.812. The molecule has 2 rings (SSSR count). The summed E-state index contributed by atoms with van der Waals surface area (Å²) >= 11 is 1.84. The third kappa shape index (κ3) is 3.01. The number of allylic oxidation sites excluding steroid dienone is 1. The van der Waals surface area contributed by atoms with Gasteiger partial charge in [0.15, 0.2) is 5.78 Å². The molecule has 0 aromatic rings. The van der Waals surface area contributed by atoms with Crippen LogP contribution in [0.5, 0.6) is 0 Å². The monoisotopic (exact) mass is 266 g/mol. The Balaban J connectivity index is 1.98. The lowest BCUT2D eigenvalue weighted by molar-refractivity contribution is -0.127. The maximum atomic E-state index is 12.5. The smallest absolute Gasteiger partial charge is 0.162 e. The van der Waals surface area contributed by atoms with E-state index in [-0.39, 0.29) is 0 Å². The van der Waals surface area contributed by atoms with Gasteiger partial charge in [-0.15, -0.1) is 11.8 Å². The highest BCUT2D eigenvalue weighted by atomic mass is 32.2. The predicted molar refractivity (Wildman–Crippen MR) is 79.8 cm³/mol. The van der Waals surface area contributed by atoms with Gasteiger partial charge < -0.3 is 0 Å². The Hall–Kier alpha value is -0.240. The summed E-state index contributed by atoms with van der Waals surface area (Å²) in [6, 6.07) is 0. The molecule has 0 heterocycles. The number of Topliss-reactive ketones (excluding diaryl/α,β-unsaturated/α-hetero) is 1. The van der Waals surface area contributed by atoms with Gasteiger partial charge in [0, 0.05) is 11.5 Å². The van der Waals surface area contributed by atoms with Gasteiger partial charge in [-0.2, -0.15) is 0 Å². The van der Waals surface area contributed by atoms with E-state index in [1.165, 1.54) is 38.5 Å². The number of ketones is 1. The van der Waals surface area contributed by atoms with E-state index in [2.05, 4.69) is 19.3 Å².